The molecule has 78 valence electrons. The Morgan fingerprint density at radius 1 is 0.923 bits per heavy atom. The van der Waals surface area contributed by atoms with Crippen molar-refractivity contribution in [2.45, 2.75) is 39.5 Å². The van der Waals surface area contributed by atoms with Crippen molar-refractivity contribution in [3.05, 3.63) is 0 Å². The summed E-state index contributed by atoms with van der Waals surface area (Å²) in [6, 6.07) is 0.633. The van der Waals surface area contributed by atoms with E-state index < -0.39 is 0 Å². The van der Waals surface area contributed by atoms with E-state index in [0.717, 1.165) is 19.6 Å². The van der Waals surface area contributed by atoms with E-state index in [9.17, 15) is 5.11 Å². The van der Waals surface area contributed by atoms with Crippen molar-refractivity contribution < 1.29 is 5.11 Å². The maximum atomic E-state index is 9.43. The topological polar surface area (TPSA) is 26.7 Å². The third kappa shape index (κ3) is 3.25. The normalized spacial score (nSPS) is 24.7. The zero-order valence-corrected chi connectivity index (χ0v) is 9.03. The second-order valence-electron chi connectivity index (χ2n) is 4.15. The molecule has 1 aliphatic rings. The zero-order valence-electron chi connectivity index (χ0n) is 9.03. The van der Waals surface area contributed by atoms with Crippen LogP contribution in [-0.4, -0.2) is 53.4 Å². The summed E-state index contributed by atoms with van der Waals surface area (Å²) in [6.45, 7) is 10.6. The molecule has 0 amide bonds. The molecule has 1 unspecified atom stereocenters. The molecule has 0 spiro atoms. The minimum Gasteiger partial charge on any atom is -0.379 e. The lowest BCUT2D eigenvalue weighted by molar-refractivity contribution is 0.0211. The first-order valence-electron chi connectivity index (χ1n) is 5.27. The summed E-state index contributed by atoms with van der Waals surface area (Å²) in [5, 5.41) is 9.43. The largest absolute Gasteiger partial charge is 0.379 e. The van der Waals surface area contributed by atoms with Crippen LogP contribution in [0.5, 0.6) is 0 Å². The quantitative estimate of drug-likeness (QED) is 0.689. The van der Waals surface area contributed by atoms with E-state index in [1.807, 2.05) is 6.92 Å². The number of aliphatic hydroxyl groups is 1. The van der Waals surface area contributed by atoms with Crippen LogP contribution in [-0.2, 0) is 0 Å². The number of hydrogen-bond donors (Lipinski definition) is 1. The van der Waals surface area contributed by atoms with E-state index in [4.69, 9.17) is 0 Å². The minimum atomic E-state index is -0.285. The molecule has 1 rings (SSSR count). The first-order chi connectivity index (χ1) is 6.11. The van der Waals surface area contributed by atoms with Crippen molar-refractivity contribution in [1.82, 2.24) is 9.80 Å². The van der Waals surface area contributed by atoms with Crippen molar-refractivity contribution >= 4 is 0 Å². The van der Waals surface area contributed by atoms with Gasteiger partial charge in [0.25, 0.3) is 0 Å². The highest BCUT2D eigenvalue weighted by molar-refractivity contribution is 4.72. The average Bonchev–Trinajstić information content (AvgIpc) is 2.27. The van der Waals surface area contributed by atoms with Gasteiger partial charge in [0.1, 0.15) is 6.23 Å². The second-order valence-corrected chi connectivity index (χ2v) is 4.15. The van der Waals surface area contributed by atoms with Crippen LogP contribution in [0.3, 0.4) is 0 Å². The molecule has 1 N–H and O–H groups in total. The van der Waals surface area contributed by atoms with Crippen LogP contribution in [0, 0.1) is 0 Å². The third-order valence-electron chi connectivity index (χ3n) is 2.82. The Balaban J connectivity index is 2.39. The molecule has 0 saturated carbocycles. The number of nitrogens with zero attached hydrogens (tertiary/aromatic N) is 2. The van der Waals surface area contributed by atoms with Gasteiger partial charge in [-0.1, -0.05) is 0 Å². The molecule has 0 bridgehead atoms. The lowest BCUT2D eigenvalue weighted by Gasteiger charge is -2.25. The Kier molecular flexibility index (Phi) is 4.16. The molecule has 0 aromatic rings. The molecule has 1 heterocycles. The molecule has 1 aliphatic heterocycles. The number of hydrogen-bond acceptors (Lipinski definition) is 3. The molecule has 0 aromatic carbocycles. The maximum absolute atomic E-state index is 9.43. The van der Waals surface area contributed by atoms with Gasteiger partial charge >= 0.3 is 0 Å². The standard InChI is InChI=1S/C10H22N2O/c1-9(2)11-5-4-6-12(8-7-11)10(3)13/h9-10,13H,4-8H2,1-3H3. The molecule has 3 heteroatoms. The predicted molar refractivity (Wildman–Crippen MR) is 54.6 cm³/mol. The monoisotopic (exact) mass is 186 g/mol. The van der Waals surface area contributed by atoms with Crippen molar-refractivity contribution in [2.75, 3.05) is 26.2 Å². The van der Waals surface area contributed by atoms with Gasteiger partial charge in [0.2, 0.25) is 0 Å². The zero-order chi connectivity index (χ0) is 9.84. The molecule has 1 saturated heterocycles. The van der Waals surface area contributed by atoms with Crippen LogP contribution >= 0.6 is 0 Å². The number of rotatable bonds is 2. The summed E-state index contributed by atoms with van der Waals surface area (Å²) >= 11 is 0. The Morgan fingerprint density at radius 3 is 2.00 bits per heavy atom. The fourth-order valence-electron chi connectivity index (χ4n) is 1.85. The van der Waals surface area contributed by atoms with Crippen LogP contribution < -0.4 is 0 Å². The van der Waals surface area contributed by atoms with E-state index in [0.29, 0.717) is 6.04 Å². The van der Waals surface area contributed by atoms with Crippen LogP contribution in [0.2, 0.25) is 0 Å². The van der Waals surface area contributed by atoms with Gasteiger partial charge in [0, 0.05) is 25.7 Å². The highest BCUT2D eigenvalue weighted by Crippen LogP contribution is 2.07. The predicted octanol–water partition coefficient (Wildman–Crippen LogP) is 0.741. The number of aliphatic hydroxyl groups excluding tert-OH is 1. The lowest BCUT2D eigenvalue weighted by Crippen LogP contribution is -2.38. The van der Waals surface area contributed by atoms with E-state index >= 15 is 0 Å². The fourth-order valence-corrected chi connectivity index (χ4v) is 1.85. The highest BCUT2D eigenvalue weighted by atomic mass is 16.3. The van der Waals surface area contributed by atoms with Gasteiger partial charge in [-0.2, -0.15) is 0 Å². The molecule has 13 heavy (non-hydrogen) atoms. The van der Waals surface area contributed by atoms with Gasteiger partial charge in [0.05, 0.1) is 0 Å². The molecule has 1 fully saturated rings. The fraction of sp³-hybridized carbons (Fsp3) is 1.00. The van der Waals surface area contributed by atoms with Crippen LogP contribution in [0.1, 0.15) is 27.2 Å². The molecular formula is C10H22N2O. The van der Waals surface area contributed by atoms with Gasteiger partial charge in [-0.15, -0.1) is 0 Å². The summed E-state index contributed by atoms with van der Waals surface area (Å²) in [6.07, 6.45) is 0.885. The SMILES string of the molecule is CC(C)N1CCCN(C(C)O)CC1. The molecule has 0 aromatic heterocycles. The van der Waals surface area contributed by atoms with E-state index in [1.165, 1.54) is 13.0 Å². The van der Waals surface area contributed by atoms with Crippen molar-refractivity contribution in [3.63, 3.8) is 0 Å². The Morgan fingerprint density at radius 2 is 1.46 bits per heavy atom. The van der Waals surface area contributed by atoms with Gasteiger partial charge < -0.3 is 5.11 Å². The third-order valence-corrected chi connectivity index (χ3v) is 2.82. The van der Waals surface area contributed by atoms with Crippen molar-refractivity contribution in [2.24, 2.45) is 0 Å². The first kappa shape index (κ1) is 11.0. The first-order valence-corrected chi connectivity index (χ1v) is 5.27. The Hall–Kier alpha value is -0.120. The van der Waals surface area contributed by atoms with E-state index in [2.05, 4.69) is 23.6 Å². The molecule has 0 aliphatic carbocycles. The van der Waals surface area contributed by atoms with E-state index in [-0.39, 0.29) is 6.23 Å². The van der Waals surface area contributed by atoms with E-state index in [1.54, 1.807) is 0 Å². The van der Waals surface area contributed by atoms with Gasteiger partial charge in [-0.25, -0.2) is 0 Å². The van der Waals surface area contributed by atoms with Crippen molar-refractivity contribution in [1.29, 1.82) is 0 Å². The minimum absolute atomic E-state index is 0.285. The Labute approximate surface area is 81.3 Å². The molecule has 1 atom stereocenters. The van der Waals surface area contributed by atoms with Gasteiger partial charge in [0.15, 0.2) is 0 Å². The van der Waals surface area contributed by atoms with Crippen LogP contribution in [0.4, 0.5) is 0 Å². The summed E-state index contributed by atoms with van der Waals surface area (Å²) in [5.74, 6) is 0. The lowest BCUT2D eigenvalue weighted by atomic mass is 10.3. The van der Waals surface area contributed by atoms with Crippen LogP contribution in [0.25, 0.3) is 0 Å². The summed E-state index contributed by atoms with van der Waals surface area (Å²) in [4.78, 5) is 4.62. The van der Waals surface area contributed by atoms with Gasteiger partial charge in [-0.3, -0.25) is 9.80 Å². The highest BCUT2D eigenvalue weighted by Gasteiger charge is 2.18. The maximum Gasteiger partial charge on any atom is 0.104 e. The summed E-state index contributed by atoms with van der Waals surface area (Å²) < 4.78 is 0. The smallest absolute Gasteiger partial charge is 0.104 e. The molecule has 3 nitrogen and oxygen atoms in total. The average molecular weight is 186 g/mol. The second kappa shape index (κ2) is 4.94. The van der Waals surface area contributed by atoms with Crippen molar-refractivity contribution in [3.8, 4) is 0 Å². The molecular weight excluding hydrogens is 164 g/mol. The summed E-state index contributed by atoms with van der Waals surface area (Å²) in [7, 11) is 0. The Bertz CT molecular complexity index is 132. The molecule has 0 radical (unpaired) electrons. The summed E-state index contributed by atoms with van der Waals surface area (Å²) in [5.41, 5.74) is 0. The van der Waals surface area contributed by atoms with Crippen LogP contribution in [0.15, 0.2) is 0 Å². The van der Waals surface area contributed by atoms with Gasteiger partial charge in [-0.05, 0) is 33.7 Å².